The monoisotopic (exact) mass is 313 g/mol. The number of aryl methyl sites for hydroxylation is 2. The second-order valence-corrected chi connectivity index (χ2v) is 6.19. The van der Waals surface area contributed by atoms with Gasteiger partial charge in [0.25, 0.3) is 0 Å². The van der Waals surface area contributed by atoms with Gasteiger partial charge in [-0.3, -0.25) is 14.4 Å². The maximum absolute atomic E-state index is 10.6. The molecular formula is C15H24ClN3O2. The number of rotatable bonds is 6. The first kappa shape index (κ1) is 16.3. The zero-order valence-electron chi connectivity index (χ0n) is 12.8. The molecule has 0 unspecified atom stereocenters. The maximum Gasteiger partial charge on any atom is 0.303 e. The zero-order chi connectivity index (χ0) is 15.4. The Morgan fingerprint density at radius 3 is 2.67 bits per heavy atom. The van der Waals surface area contributed by atoms with Crippen molar-refractivity contribution in [2.75, 3.05) is 13.1 Å². The van der Waals surface area contributed by atoms with Gasteiger partial charge in [0.15, 0.2) is 0 Å². The van der Waals surface area contributed by atoms with E-state index < -0.39 is 5.97 Å². The largest absolute Gasteiger partial charge is 0.481 e. The molecule has 0 saturated carbocycles. The molecule has 0 radical (unpaired) electrons. The zero-order valence-corrected chi connectivity index (χ0v) is 13.6. The van der Waals surface area contributed by atoms with Gasteiger partial charge in [-0.2, -0.15) is 5.10 Å². The molecule has 1 aromatic rings. The van der Waals surface area contributed by atoms with Gasteiger partial charge in [0.2, 0.25) is 0 Å². The number of hydrogen-bond acceptors (Lipinski definition) is 3. The second-order valence-electron chi connectivity index (χ2n) is 5.81. The van der Waals surface area contributed by atoms with Gasteiger partial charge in [-0.05, 0) is 52.1 Å². The number of piperidine rings is 1. The Hall–Kier alpha value is -1.07. The first-order valence-corrected chi connectivity index (χ1v) is 8.05. The van der Waals surface area contributed by atoms with Crippen LogP contribution in [-0.4, -0.2) is 38.8 Å². The van der Waals surface area contributed by atoms with Crippen LogP contribution in [0.3, 0.4) is 0 Å². The summed E-state index contributed by atoms with van der Waals surface area (Å²) in [6.45, 7) is 7.70. The summed E-state index contributed by atoms with van der Waals surface area (Å²) in [5.41, 5.74) is 1.99. The van der Waals surface area contributed by atoms with Crippen molar-refractivity contribution >= 4 is 17.6 Å². The highest BCUT2D eigenvalue weighted by molar-refractivity contribution is 6.31. The van der Waals surface area contributed by atoms with Gasteiger partial charge < -0.3 is 5.11 Å². The summed E-state index contributed by atoms with van der Waals surface area (Å²) in [4.78, 5) is 13.0. The van der Waals surface area contributed by atoms with Gasteiger partial charge in [0.05, 0.1) is 16.4 Å². The van der Waals surface area contributed by atoms with Crippen LogP contribution in [0.15, 0.2) is 0 Å². The summed E-state index contributed by atoms with van der Waals surface area (Å²) < 4.78 is 1.98. The normalized spacial score (nSPS) is 17.3. The van der Waals surface area contributed by atoms with Gasteiger partial charge in [-0.25, -0.2) is 0 Å². The minimum Gasteiger partial charge on any atom is -0.481 e. The number of halogens is 1. The van der Waals surface area contributed by atoms with Gasteiger partial charge in [-0.15, -0.1) is 0 Å². The average Bonchev–Trinajstić information content (AvgIpc) is 2.74. The lowest BCUT2D eigenvalue weighted by molar-refractivity contribution is -0.137. The van der Waals surface area contributed by atoms with Crippen molar-refractivity contribution in [3.8, 4) is 0 Å². The van der Waals surface area contributed by atoms with E-state index in [9.17, 15) is 4.79 Å². The summed E-state index contributed by atoms with van der Waals surface area (Å²) in [5.74, 6) is -0.142. The van der Waals surface area contributed by atoms with Crippen molar-refractivity contribution in [3.05, 3.63) is 16.4 Å². The molecule has 1 saturated heterocycles. The third-order valence-electron chi connectivity index (χ3n) is 4.30. The Balaban J connectivity index is 1.87. The molecule has 6 heteroatoms. The van der Waals surface area contributed by atoms with E-state index in [1.165, 1.54) is 0 Å². The standard InChI is InChI=1S/C15H24ClN3O2/c1-3-19-13(15(16)11(2)17-19)10-18-8-6-12(7-9-18)4-5-14(20)21/h12H,3-10H2,1-2H3,(H,20,21). The number of carbonyl (C=O) groups is 1. The summed E-state index contributed by atoms with van der Waals surface area (Å²) in [7, 11) is 0. The summed E-state index contributed by atoms with van der Waals surface area (Å²) in [5, 5.41) is 14.0. The van der Waals surface area contributed by atoms with Crippen LogP contribution in [0, 0.1) is 12.8 Å². The fourth-order valence-electron chi connectivity index (χ4n) is 2.99. The molecule has 0 spiro atoms. The minimum atomic E-state index is -0.688. The molecule has 0 bridgehead atoms. The number of carboxylic acids is 1. The molecule has 0 amide bonds. The smallest absolute Gasteiger partial charge is 0.303 e. The molecule has 1 fully saturated rings. The molecule has 1 aliphatic rings. The molecule has 1 aromatic heterocycles. The number of likely N-dealkylation sites (tertiary alicyclic amines) is 1. The number of aliphatic carboxylic acids is 1. The molecule has 21 heavy (non-hydrogen) atoms. The lowest BCUT2D eigenvalue weighted by Gasteiger charge is -2.31. The molecule has 2 rings (SSSR count). The minimum absolute atomic E-state index is 0.290. The lowest BCUT2D eigenvalue weighted by atomic mass is 9.92. The van der Waals surface area contributed by atoms with Crippen molar-refractivity contribution in [1.82, 2.24) is 14.7 Å². The Morgan fingerprint density at radius 2 is 2.10 bits per heavy atom. The van der Waals surface area contributed by atoms with Crippen LogP contribution >= 0.6 is 11.6 Å². The molecule has 1 N–H and O–H groups in total. The van der Waals surface area contributed by atoms with E-state index in [2.05, 4.69) is 16.9 Å². The van der Waals surface area contributed by atoms with E-state index in [1.54, 1.807) is 0 Å². The number of aromatic nitrogens is 2. The Bertz CT molecular complexity index is 493. The summed E-state index contributed by atoms with van der Waals surface area (Å²) in [6, 6.07) is 0. The highest BCUT2D eigenvalue weighted by Gasteiger charge is 2.22. The molecule has 2 heterocycles. The van der Waals surface area contributed by atoms with Crippen molar-refractivity contribution in [1.29, 1.82) is 0 Å². The topological polar surface area (TPSA) is 58.4 Å². The van der Waals surface area contributed by atoms with Crippen molar-refractivity contribution < 1.29 is 9.90 Å². The highest BCUT2D eigenvalue weighted by atomic mass is 35.5. The highest BCUT2D eigenvalue weighted by Crippen LogP contribution is 2.26. The molecule has 1 aliphatic heterocycles. The first-order chi connectivity index (χ1) is 10.0. The number of hydrogen-bond donors (Lipinski definition) is 1. The first-order valence-electron chi connectivity index (χ1n) is 7.67. The van der Waals surface area contributed by atoms with Crippen LogP contribution in [0.5, 0.6) is 0 Å². The summed E-state index contributed by atoms with van der Waals surface area (Å²) >= 11 is 6.35. The Morgan fingerprint density at radius 1 is 1.43 bits per heavy atom. The van der Waals surface area contributed by atoms with Crippen LogP contribution in [-0.2, 0) is 17.9 Å². The van der Waals surface area contributed by atoms with E-state index in [1.807, 2.05) is 11.6 Å². The summed E-state index contributed by atoms with van der Waals surface area (Å²) in [6.07, 6.45) is 3.24. The van der Waals surface area contributed by atoms with Crippen molar-refractivity contribution in [2.45, 2.75) is 52.6 Å². The van der Waals surface area contributed by atoms with Crippen molar-refractivity contribution in [2.24, 2.45) is 5.92 Å². The Kier molecular flexibility index (Phi) is 5.65. The molecule has 118 valence electrons. The molecule has 0 aromatic carbocycles. The van der Waals surface area contributed by atoms with Gasteiger partial charge in [0, 0.05) is 19.5 Å². The number of nitrogens with zero attached hydrogens (tertiary/aromatic N) is 3. The van der Waals surface area contributed by atoms with Gasteiger partial charge in [-0.1, -0.05) is 11.6 Å². The predicted octanol–water partition coefficient (Wildman–Crippen LogP) is 2.94. The second kappa shape index (κ2) is 7.27. The Labute approximate surface area is 130 Å². The number of carboxylic acid groups (broad SMARTS) is 1. The van der Waals surface area contributed by atoms with Crippen LogP contribution in [0.25, 0.3) is 0 Å². The fraction of sp³-hybridized carbons (Fsp3) is 0.733. The van der Waals surface area contributed by atoms with Crippen LogP contribution in [0.2, 0.25) is 5.02 Å². The predicted molar refractivity (Wildman–Crippen MR) is 82.5 cm³/mol. The van der Waals surface area contributed by atoms with Gasteiger partial charge >= 0.3 is 5.97 Å². The van der Waals surface area contributed by atoms with Crippen LogP contribution < -0.4 is 0 Å². The average molecular weight is 314 g/mol. The third-order valence-corrected chi connectivity index (χ3v) is 4.79. The maximum atomic E-state index is 10.6. The van der Waals surface area contributed by atoms with Crippen LogP contribution in [0.1, 0.15) is 44.0 Å². The van der Waals surface area contributed by atoms with E-state index in [-0.39, 0.29) is 6.42 Å². The van der Waals surface area contributed by atoms with E-state index in [0.717, 1.165) is 61.9 Å². The third kappa shape index (κ3) is 4.20. The fourth-order valence-corrected chi connectivity index (χ4v) is 3.19. The SMILES string of the molecule is CCn1nc(C)c(Cl)c1CN1CCC(CCC(=O)O)CC1. The molecule has 5 nitrogen and oxygen atoms in total. The lowest BCUT2D eigenvalue weighted by Crippen LogP contribution is -2.34. The van der Waals surface area contributed by atoms with Crippen molar-refractivity contribution in [3.63, 3.8) is 0 Å². The quantitative estimate of drug-likeness (QED) is 0.877. The van der Waals surface area contributed by atoms with Gasteiger partial charge in [0.1, 0.15) is 0 Å². The van der Waals surface area contributed by atoms with E-state index in [4.69, 9.17) is 16.7 Å². The van der Waals surface area contributed by atoms with E-state index in [0.29, 0.717) is 5.92 Å². The molecule has 0 aliphatic carbocycles. The van der Waals surface area contributed by atoms with Crippen LogP contribution in [0.4, 0.5) is 0 Å². The molecule has 0 atom stereocenters. The van der Waals surface area contributed by atoms with E-state index >= 15 is 0 Å². The molecular weight excluding hydrogens is 290 g/mol.